The zero-order valence-corrected chi connectivity index (χ0v) is 19.5. The molecule has 2 aromatic rings. The van der Waals surface area contributed by atoms with Gasteiger partial charge in [-0.2, -0.15) is 0 Å². The summed E-state index contributed by atoms with van der Waals surface area (Å²) in [6.45, 7) is 8.23. The van der Waals surface area contributed by atoms with Crippen LogP contribution in [0.2, 0.25) is 0 Å². The molecule has 3 heterocycles. The predicted molar refractivity (Wildman–Crippen MR) is 124 cm³/mol. The Morgan fingerprint density at radius 1 is 1.29 bits per heavy atom. The third-order valence-electron chi connectivity index (χ3n) is 5.44. The number of hydrogen-bond acceptors (Lipinski definition) is 6. The maximum atomic E-state index is 12.0. The molecule has 0 saturated carbocycles. The molecular weight excluding hydrogens is 412 g/mol. The number of amides is 1. The molecule has 0 aromatic carbocycles. The van der Waals surface area contributed by atoms with Gasteiger partial charge in [-0.25, -0.2) is 4.99 Å². The van der Waals surface area contributed by atoms with Gasteiger partial charge >= 0.3 is 0 Å². The van der Waals surface area contributed by atoms with E-state index >= 15 is 0 Å². The van der Waals surface area contributed by atoms with Gasteiger partial charge in [0.1, 0.15) is 12.4 Å². The number of aliphatic imine (C=N–C) groups is 1. The SMILES string of the molecule is CCCNC(=O)CN1CCC(NC(=NCc2nnc(C)n2C)NCc2cccs2)CC1. The van der Waals surface area contributed by atoms with E-state index in [1.807, 2.05) is 18.5 Å². The Labute approximate surface area is 188 Å². The topological polar surface area (TPSA) is 99.5 Å². The minimum atomic E-state index is 0.118. The van der Waals surface area contributed by atoms with E-state index in [9.17, 15) is 4.79 Å². The van der Waals surface area contributed by atoms with Crippen molar-refractivity contribution >= 4 is 23.2 Å². The molecule has 1 amide bonds. The lowest BCUT2D eigenvalue weighted by molar-refractivity contribution is -0.122. The molecule has 170 valence electrons. The van der Waals surface area contributed by atoms with Crippen molar-refractivity contribution in [1.82, 2.24) is 35.6 Å². The molecular formula is C21H34N8OS. The van der Waals surface area contributed by atoms with E-state index < -0.39 is 0 Å². The zero-order chi connectivity index (χ0) is 22.1. The maximum Gasteiger partial charge on any atom is 0.234 e. The van der Waals surface area contributed by atoms with E-state index in [4.69, 9.17) is 4.99 Å². The van der Waals surface area contributed by atoms with Crippen LogP contribution in [0.4, 0.5) is 0 Å². The van der Waals surface area contributed by atoms with E-state index in [0.29, 0.717) is 19.1 Å². The van der Waals surface area contributed by atoms with E-state index in [-0.39, 0.29) is 5.91 Å². The second-order valence-electron chi connectivity index (χ2n) is 7.86. The van der Waals surface area contributed by atoms with Crippen LogP contribution in [-0.2, 0) is 24.9 Å². The quantitative estimate of drug-likeness (QED) is 0.398. The molecule has 0 atom stereocenters. The minimum absolute atomic E-state index is 0.118. The summed E-state index contributed by atoms with van der Waals surface area (Å²) in [5.74, 6) is 2.62. The van der Waals surface area contributed by atoms with Crippen molar-refractivity contribution in [3.8, 4) is 0 Å². The van der Waals surface area contributed by atoms with Gasteiger partial charge in [0.25, 0.3) is 0 Å². The van der Waals surface area contributed by atoms with Crippen LogP contribution in [0, 0.1) is 6.92 Å². The van der Waals surface area contributed by atoms with E-state index in [1.165, 1.54) is 4.88 Å². The Hall–Kier alpha value is -2.46. The Morgan fingerprint density at radius 2 is 2.10 bits per heavy atom. The molecule has 1 aliphatic rings. The average molecular weight is 447 g/mol. The maximum absolute atomic E-state index is 12.0. The summed E-state index contributed by atoms with van der Waals surface area (Å²) in [7, 11) is 1.96. The van der Waals surface area contributed by atoms with Crippen LogP contribution in [0.25, 0.3) is 0 Å². The summed E-state index contributed by atoms with van der Waals surface area (Å²) >= 11 is 1.73. The van der Waals surface area contributed by atoms with Gasteiger partial charge in [0.05, 0.1) is 13.1 Å². The van der Waals surface area contributed by atoms with Gasteiger partial charge in [-0.15, -0.1) is 21.5 Å². The number of carbonyl (C=O) groups is 1. The number of piperidine rings is 1. The summed E-state index contributed by atoms with van der Waals surface area (Å²) in [4.78, 5) is 20.2. The number of nitrogens with zero attached hydrogens (tertiary/aromatic N) is 5. The van der Waals surface area contributed by atoms with Crippen molar-refractivity contribution < 1.29 is 4.79 Å². The molecule has 0 spiro atoms. The molecule has 1 saturated heterocycles. The molecule has 2 aromatic heterocycles. The van der Waals surface area contributed by atoms with Crippen LogP contribution >= 0.6 is 11.3 Å². The molecule has 3 rings (SSSR count). The van der Waals surface area contributed by atoms with Crippen LogP contribution in [0.3, 0.4) is 0 Å². The van der Waals surface area contributed by atoms with Gasteiger partial charge < -0.3 is 20.5 Å². The number of nitrogens with one attached hydrogen (secondary N) is 3. The van der Waals surface area contributed by atoms with Gasteiger partial charge in [0.2, 0.25) is 5.91 Å². The lowest BCUT2D eigenvalue weighted by Crippen LogP contribution is -2.50. The lowest BCUT2D eigenvalue weighted by atomic mass is 10.1. The molecule has 1 aliphatic heterocycles. The summed E-state index contributed by atoms with van der Waals surface area (Å²) in [6.07, 6.45) is 2.92. The van der Waals surface area contributed by atoms with E-state index in [0.717, 1.165) is 63.0 Å². The van der Waals surface area contributed by atoms with Gasteiger partial charge in [0.15, 0.2) is 11.8 Å². The smallest absolute Gasteiger partial charge is 0.234 e. The molecule has 0 bridgehead atoms. The van der Waals surface area contributed by atoms with Crippen molar-refractivity contribution in [3.05, 3.63) is 34.0 Å². The number of likely N-dealkylation sites (tertiary alicyclic amines) is 1. The fourth-order valence-electron chi connectivity index (χ4n) is 3.43. The first-order valence-electron chi connectivity index (χ1n) is 11.0. The van der Waals surface area contributed by atoms with Gasteiger partial charge in [-0.05, 0) is 37.6 Å². The first-order valence-corrected chi connectivity index (χ1v) is 11.8. The number of aromatic nitrogens is 3. The van der Waals surface area contributed by atoms with Gasteiger partial charge in [0, 0.05) is 37.6 Å². The monoisotopic (exact) mass is 446 g/mol. The fourth-order valence-corrected chi connectivity index (χ4v) is 4.07. The fraction of sp³-hybridized carbons (Fsp3) is 0.619. The molecule has 0 unspecified atom stereocenters. The van der Waals surface area contributed by atoms with Crippen molar-refractivity contribution in [2.45, 2.75) is 52.2 Å². The normalized spacial score (nSPS) is 15.8. The number of hydrogen-bond donors (Lipinski definition) is 3. The minimum Gasteiger partial charge on any atom is -0.355 e. The van der Waals surface area contributed by atoms with Gasteiger partial charge in [-0.3, -0.25) is 9.69 Å². The predicted octanol–water partition coefficient (Wildman–Crippen LogP) is 1.41. The van der Waals surface area contributed by atoms with Crippen LogP contribution in [0.1, 0.15) is 42.7 Å². The highest BCUT2D eigenvalue weighted by atomic mass is 32.1. The van der Waals surface area contributed by atoms with Crippen molar-refractivity contribution in [2.75, 3.05) is 26.2 Å². The zero-order valence-electron chi connectivity index (χ0n) is 18.7. The highest BCUT2D eigenvalue weighted by Crippen LogP contribution is 2.11. The second kappa shape index (κ2) is 11.8. The molecule has 9 nitrogen and oxygen atoms in total. The van der Waals surface area contributed by atoms with Crippen molar-refractivity contribution in [3.63, 3.8) is 0 Å². The number of carbonyl (C=O) groups excluding carboxylic acids is 1. The summed E-state index contributed by atoms with van der Waals surface area (Å²) in [5.41, 5.74) is 0. The number of guanidine groups is 1. The highest BCUT2D eigenvalue weighted by molar-refractivity contribution is 7.09. The third-order valence-corrected chi connectivity index (χ3v) is 6.32. The third kappa shape index (κ3) is 7.32. The molecule has 0 aliphatic carbocycles. The van der Waals surface area contributed by atoms with E-state index in [2.05, 4.69) is 55.5 Å². The number of aryl methyl sites for hydroxylation is 1. The first-order chi connectivity index (χ1) is 15.0. The molecule has 1 fully saturated rings. The van der Waals surface area contributed by atoms with Crippen molar-refractivity contribution in [1.29, 1.82) is 0 Å². The van der Waals surface area contributed by atoms with Crippen LogP contribution in [0.15, 0.2) is 22.5 Å². The van der Waals surface area contributed by atoms with Crippen LogP contribution in [0.5, 0.6) is 0 Å². The van der Waals surface area contributed by atoms with E-state index in [1.54, 1.807) is 11.3 Å². The first kappa shape index (κ1) is 23.2. The van der Waals surface area contributed by atoms with Crippen LogP contribution < -0.4 is 16.0 Å². The largest absolute Gasteiger partial charge is 0.355 e. The Kier molecular flexibility index (Phi) is 8.84. The number of thiophene rings is 1. The standard InChI is InChI=1S/C21H34N8OS/c1-4-9-22-20(30)15-29-10-7-17(8-11-29)25-21(23-13-18-6-5-12-31-18)24-14-19-27-26-16(2)28(19)3/h5-6,12,17H,4,7-11,13-15H2,1-3H3,(H,22,30)(H2,23,24,25). The summed E-state index contributed by atoms with van der Waals surface area (Å²) in [5, 5.41) is 20.4. The number of rotatable bonds is 9. The second-order valence-corrected chi connectivity index (χ2v) is 8.90. The average Bonchev–Trinajstić information content (AvgIpc) is 3.40. The summed E-state index contributed by atoms with van der Waals surface area (Å²) in [6, 6.07) is 4.50. The highest BCUT2D eigenvalue weighted by Gasteiger charge is 2.21. The Bertz CT molecular complexity index is 840. The summed E-state index contributed by atoms with van der Waals surface area (Å²) < 4.78 is 1.96. The molecule has 3 N–H and O–H groups in total. The molecule has 10 heteroatoms. The van der Waals surface area contributed by atoms with Gasteiger partial charge in [-0.1, -0.05) is 13.0 Å². The van der Waals surface area contributed by atoms with Crippen LogP contribution in [-0.4, -0.2) is 63.8 Å². The lowest BCUT2D eigenvalue weighted by Gasteiger charge is -2.32. The Balaban J connectivity index is 1.53. The Morgan fingerprint density at radius 3 is 2.74 bits per heavy atom. The van der Waals surface area contributed by atoms with Crippen molar-refractivity contribution in [2.24, 2.45) is 12.0 Å². The molecule has 31 heavy (non-hydrogen) atoms. The molecule has 0 radical (unpaired) electrons.